The van der Waals surface area contributed by atoms with Crippen LogP contribution in [0.2, 0.25) is 0 Å². The van der Waals surface area contributed by atoms with E-state index in [1.807, 2.05) is 0 Å². The molecule has 4 nitrogen and oxygen atoms in total. The highest BCUT2D eigenvalue weighted by molar-refractivity contribution is 6.95. The van der Waals surface area contributed by atoms with Gasteiger partial charge in [-0.3, -0.25) is 0 Å². The topological polar surface area (TPSA) is 32.8 Å². The van der Waals surface area contributed by atoms with Crippen LogP contribution in [0.4, 0.5) is 28.4 Å². The van der Waals surface area contributed by atoms with Crippen LogP contribution in [-0.4, -0.2) is 6.85 Å². The van der Waals surface area contributed by atoms with Gasteiger partial charge in [0.15, 0.2) is 0 Å². The smallest absolute Gasteiger partial charge is 0.337 e. The summed E-state index contributed by atoms with van der Waals surface area (Å²) in [6, 6.07) is 42.1. The molecule has 0 saturated heterocycles. The van der Waals surface area contributed by atoms with Gasteiger partial charge in [0.05, 0.1) is 0 Å². The number of aryl methyl sites for hydroxylation is 1. The van der Waals surface area contributed by atoms with Crippen molar-refractivity contribution in [1.29, 1.82) is 0 Å². The lowest BCUT2D eigenvalue weighted by Crippen LogP contribution is -2.63. The van der Waals surface area contributed by atoms with E-state index in [2.05, 4.69) is 195 Å². The quantitative estimate of drug-likeness (QED) is 0.154. The lowest BCUT2D eigenvalue weighted by molar-refractivity contribution is 0.332. The van der Waals surface area contributed by atoms with Gasteiger partial charge in [-0.05, 0) is 147 Å². The van der Waals surface area contributed by atoms with Crippen LogP contribution in [-0.2, 0) is 27.1 Å². The second kappa shape index (κ2) is 12.5. The van der Waals surface area contributed by atoms with Crippen molar-refractivity contribution in [3.63, 3.8) is 0 Å². The maximum Gasteiger partial charge on any atom is 0.337 e. The van der Waals surface area contributed by atoms with E-state index in [1.54, 1.807) is 0 Å². The van der Waals surface area contributed by atoms with E-state index in [0.29, 0.717) is 0 Å². The Bertz CT molecular complexity index is 3720. The highest BCUT2D eigenvalue weighted by Gasteiger charge is 2.52. The summed E-state index contributed by atoms with van der Waals surface area (Å²) < 4.78 is 14.6. The lowest BCUT2D eigenvalue weighted by atomic mass is 9.42. The van der Waals surface area contributed by atoms with Gasteiger partial charge in [-0.1, -0.05) is 130 Å². The number of fused-ring (bicyclic) bond motifs is 16. The Morgan fingerprint density at radius 2 is 1.10 bits per heavy atom. The van der Waals surface area contributed by atoms with E-state index in [-0.39, 0.29) is 33.9 Å². The highest BCUT2D eigenvalue weighted by Crippen LogP contribution is 2.59. The van der Waals surface area contributed by atoms with Gasteiger partial charge in [0.2, 0.25) is 0 Å². The van der Waals surface area contributed by atoms with Gasteiger partial charge in [0, 0.05) is 72.5 Å². The molecule has 0 radical (unpaired) electrons. The molecule has 67 heavy (non-hydrogen) atoms. The van der Waals surface area contributed by atoms with E-state index < -0.39 is 0 Å². The number of furan rings is 2. The van der Waals surface area contributed by atoms with Crippen molar-refractivity contribution in [2.24, 2.45) is 0 Å². The van der Waals surface area contributed by atoms with Gasteiger partial charge < -0.3 is 18.5 Å². The van der Waals surface area contributed by atoms with Crippen LogP contribution in [0.15, 0.2) is 118 Å². The van der Waals surface area contributed by atoms with E-state index in [0.717, 1.165) is 52.7 Å². The van der Waals surface area contributed by atoms with Gasteiger partial charge in [0.1, 0.15) is 22.3 Å². The van der Waals surface area contributed by atoms with Crippen molar-refractivity contribution >= 4 is 90.1 Å². The van der Waals surface area contributed by atoms with Crippen LogP contribution in [0, 0.1) is 6.92 Å². The summed E-state index contributed by atoms with van der Waals surface area (Å²) in [5.41, 5.74) is 24.7. The maximum absolute atomic E-state index is 7.58. The number of rotatable bonds is 1. The molecule has 7 aromatic carbocycles. The van der Waals surface area contributed by atoms with Gasteiger partial charge in [-0.15, -0.1) is 0 Å². The Hall–Kier alpha value is -6.20. The predicted molar refractivity (Wildman–Crippen MR) is 282 cm³/mol. The van der Waals surface area contributed by atoms with Crippen LogP contribution in [0.3, 0.4) is 0 Å². The molecule has 5 heteroatoms. The molecule has 0 bridgehead atoms. The average molecular weight is 875 g/mol. The second-order valence-electron chi connectivity index (χ2n) is 24.2. The van der Waals surface area contributed by atoms with Crippen LogP contribution in [0.5, 0.6) is 0 Å². The summed E-state index contributed by atoms with van der Waals surface area (Å²) in [6.45, 7) is 26.4. The fraction of sp³-hybridized carbons (Fsp3) is 0.323. The van der Waals surface area contributed by atoms with Gasteiger partial charge in [-0.2, -0.15) is 0 Å². The first-order chi connectivity index (χ1) is 31.9. The van der Waals surface area contributed by atoms with Crippen molar-refractivity contribution in [3.8, 4) is 11.1 Å². The highest BCUT2D eigenvalue weighted by atomic mass is 16.3. The first-order valence-electron chi connectivity index (χ1n) is 24.9. The Balaban J connectivity index is 1.18. The normalized spacial score (nSPS) is 19.5. The molecule has 0 saturated carbocycles. The van der Waals surface area contributed by atoms with E-state index in [1.165, 1.54) is 106 Å². The summed E-state index contributed by atoms with van der Waals surface area (Å²) >= 11 is 0. The molecule has 2 aromatic heterocycles. The number of benzene rings is 7. The zero-order valence-electron chi connectivity index (χ0n) is 41.0. The van der Waals surface area contributed by atoms with E-state index >= 15 is 0 Å². The Kier molecular flexibility index (Phi) is 7.43. The molecule has 9 aromatic rings. The van der Waals surface area contributed by atoms with Crippen LogP contribution in [0.25, 0.3) is 55.0 Å². The minimum absolute atomic E-state index is 0.0274. The Labute approximate surface area is 395 Å². The fourth-order valence-electron chi connectivity index (χ4n) is 14.0. The van der Waals surface area contributed by atoms with Crippen molar-refractivity contribution < 1.29 is 8.83 Å². The summed E-state index contributed by atoms with van der Waals surface area (Å²) in [5.74, 6) is 0. The number of para-hydroxylation sites is 3. The molecule has 0 unspecified atom stereocenters. The molecule has 0 amide bonds. The summed E-state index contributed by atoms with van der Waals surface area (Å²) in [7, 11) is 0. The number of anilines is 5. The molecule has 0 atom stereocenters. The van der Waals surface area contributed by atoms with Crippen molar-refractivity contribution in [3.05, 3.63) is 148 Å². The van der Waals surface area contributed by atoms with Crippen molar-refractivity contribution in [1.82, 2.24) is 0 Å². The molecule has 0 N–H and O–H groups in total. The minimum Gasteiger partial charge on any atom is -0.456 e. The van der Waals surface area contributed by atoms with Crippen LogP contribution < -0.4 is 20.6 Å². The molecule has 0 spiro atoms. The largest absolute Gasteiger partial charge is 0.456 e. The summed E-state index contributed by atoms with van der Waals surface area (Å²) in [5, 5.41) is 4.73. The Morgan fingerprint density at radius 1 is 0.463 bits per heavy atom. The molecular formula is C62H59BN2O2. The van der Waals surface area contributed by atoms with Crippen molar-refractivity contribution in [2.75, 3.05) is 9.71 Å². The predicted octanol–water partition coefficient (Wildman–Crippen LogP) is 15.8. The van der Waals surface area contributed by atoms with Gasteiger partial charge >= 0.3 is 6.85 Å². The molecule has 5 aliphatic rings. The zero-order valence-corrected chi connectivity index (χ0v) is 41.0. The number of nitrogens with zero attached hydrogens (tertiary/aromatic N) is 2. The van der Waals surface area contributed by atoms with Gasteiger partial charge in [-0.25, -0.2) is 0 Å². The van der Waals surface area contributed by atoms with Crippen LogP contribution >= 0.6 is 0 Å². The minimum atomic E-state index is -0.237. The summed E-state index contributed by atoms with van der Waals surface area (Å²) in [6.07, 6.45) is 4.64. The van der Waals surface area contributed by atoms with E-state index in [4.69, 9.17) is 8.83 Å². The third-order valence-electron chi connectivity index (χ3n) is 18.1. The Morgan fingerprint density at radius 3 is 1.85 bits per heavy atom. The zero-order chi connectivity index (χ0) is 46.1. The average Bonchev–Trinajstić information content (AvgIpc) is 3.86. The van der Waals surface area contributed by atoms with Crippen LogP contribution in [0.1, 0.15) is 134 Å². The van der Waals surface area contributed by atoms with E-state index in [9.17, 15) is 0 Å². The molecule has 5 heterocycles. The first-order valence-corrected chi connectivity index (χ1v) is 24.9. The molecule has 2 aliphatic carbocycles. The number of hydrogen-bond donors (Lipinski definition) is 0. The molecule has 332 valence electrons. The standard InChI is InChI=1S/C62H59BN2O2/c1-34-29-41-43(60(6,7)27-25-58(41,2)3)31-47(34)64-46-24-23-35-38-30-42-44(61(8,9)28-26-59(42,4)5)32-50(38)67-57(35)55(46)63-54-48(64)33-51-52(36-17-12-15-22-49(36)66-51)53(54)37-18-16-20-40-56(37)65(63)45-21-14-13-19-39(45)62(40,10)11/h12-24,29-33H,25-28H2,1-11H3. The third kappa shape index (κ3) is 4.96. The maximum atomic E-state index is 7.58. The molecule has 14 rings (SSSR count). The summed E-state index contributed by atoms with van der Waals surface area (Å²) in [4.78, 5) is 5.33. The first kappa shape index (κ1) is 39.9. The lowest BCUT2D eigenvalue weighted by Gasteiger charge is -2.51. The molecule has 0 fully saturated rings. The van der Waals surface area contributed by atoms with Crippen molar-refractivity contribution in [2.45, 2.75) is 129 Å². The molecular weight excluding hydrogens is 816 g/mol. The fourth-order valence-corrected chi connectivity index (χ4v) is 14.0. The monoisotopic (exact) mass is 874 g/mol. The molecule has 3 aliphatic heterocycles. The third-order valence-corrected chi connectivity index (χ3v) is 18.1. The number of hydrogen-bond acceptors (Lipinski definition) is 4. The van der Waals surface area contributed by atoms with Gasteiger partial charge in [0.25, 0.3) is 0 Å². The second-order valence-corrected chi connectivity index (χ2v) is 24.2. The SMILES string of the molecule is Cc1cc2c(cc1N1c3cc4oc5ccccc5c4c4c3B(c3c1ccc1c3oc3cc5c(cc31)C(C)(C)CCC5(C)C)N1c3ccccc3C(C)(C)c3cccc-4c31)C(C)(C)CCC2(C)C.